The Labute approximate surface area is 173 Å². The zero-order valence-corrected chi connectivity index (χ0v) is 17.0. The molecule has 0 bridgehead atoms. The number of carbonyl (C=O) groups is 2. The zero-order valence-electron chi connectivity index (χ0n) is 16.2. The lowest BCUT2D eigenvalue weighted by Crippen LogP contribution is -2.31. The Morgan fingerprint density at radius 1 is 1.14 bits per heavy atom. The summed E-state index contributed by atoms with van der Waals surface area (Å²) in [6.45, 7) is 2.47. The van der Waals surface area contributed by atoms with Crippen molar-refractivity contribution in [2.45, 2.75) is 19.4 Å². The van der Waals surface area contributed by atoms with Gasteiger partial charge in [-0.2, -0.15) is 0 Å². The summed E-state index contributed by atoms with van der Waals surface area (Å²) in [6, 6.07) is 10.2. The van der Waals surface area contributed by atoms with Crippen molar-refractivity contribution in [1.29, 1.82) is 0 Å². The van der Waals surface area contributed by atoms with Gasteiger partial charge in [-0.3, -0.25) is 9.59 Å². The van der Waals surface area contributed by atoms with E-state index in [-0.39, 0.29) is 19.1 Å². The van der Waals surface area contributed by atoms with Crippen molar-refractivity contribution in [3.63, 3.8) is 0 Å². The Kier molecular flexibility index (Phi) is 6.82. The lowest BCUT2D eigenvalue weighted by molar-refractivity contribution is -0.148. The van der Waals surface area contributed by atoms with Crippen LogP contribution in [0.1, 0.15) is 24.1 Å². The van der Waals surface area contributed by atoms with Crippen LogP contribution in [0.15, 0.2) is 36.4 Å². The maximum absolute atomic E-state index is 12.2. The van der Waals surface area contributed by atoms with Crippen LogP contribution in [-0.4, -0.2) is 38.8 Å². The second-order valence-electron chi connectivity index (χ2n) is 6.49. The molecule has 29 heavy (non-hydrogen) atoms. The average Bonchev–Trinajstić information content (AvgIpc) is 2.72. The number of fused-ring (bicyclic) bond motifs is 1. The third-order valence-corrected chi connectivity index (χ3v) is 4.62. The first-order valence-electron chi connectivity index (χ1n) is 9.13. The molecule has 8 heteroatoms. The molecular weight excluding hydrogens is 398 g/mol. The van der Waals surface area contributed by atoms with Gasteiger partial charge < -0.3 is 24.3 Å². The highest BCUT2D eigenvalue weighted by Crippen LogP contribution is 2.32. The molecule has 1 amide bonds. The molecule has 0 radical (unpaired) electrons. The third kappa shape index (κ3) is 5.54. The average molecular weight is 420 g/mol. The quantitative estimate of drug-likeness (QED) is 0.694. The zero-order chi connectivity index (χ0) is 20.8. The van der Waals surface area contributed by atoms with Crippen LogP contribution in [0, 0.1) is 0 Å². The fraction of sp³-hybridized carbons (Fsp3) is 0.333. The number of ether oxygens (including phenoxy) is 4. The number of esters is 1. The number of amides is 1. The standard InChI is InChI=1S/C21H22ClNO6/c1-13(14-3-5-18-19(10-14)28-8-7-27-18)23-20(24)12-29-21(25)11-15-9-16(22)4-6-17(15)26-2/h3-6,9-10,13H,7-8,11-12H2,1-2H3,(H,23,24)/t13-/m0/s1. The SMILES string of the molecule is COc1ccc(Cl)cc1CC(=O)OCC(=O)N[C@@H](C)c1ccc2c(c1)OCCO2. The Hall–Kier alpha value is -2.93. The normalized spacial score (nSPS) is 13.3. The Bertz CT molecular complexity index is 901. The first-order valence-corrected chi connectivity index (χ1v) is 9.51. The van der Waals surface area contributed by atoms with Gasteiger partial charge in [0.25, 0.3) is 5.91 Å². The minimum Gasteiger partial charge on any atom is -0.496 e. The molecule has 3 rings (SSSR count). The highest BCUT2D eigenvalue weighted by atomic mass is 35.5. The molecule has 1 atom stereocenters. The van der Waals surface area contributed by atoms with Crippen molar-refractivity contribution < 1.29 is 28.5 Å². The van der Waals surface area contributed by atoms with E-state index in [0.29, 0.717) is 41.0 Å². The van der Waals surface area contributed by atoms with Gasteiger partial charge in [0.2, 0.25) is 0 Å². The van der Waals surface area contributed by atoms with E-state index in [1.165, 1.54) is 7.11 Å². The molecule has 2 aromatic rings. The number of rotatable bonds is 7. The number of hydrogen-bond donors (Lipinski definition) is 1. The predicted molar refractivity (Wildman–Crippen MR) is 107 cm³/mol. The monoisotopic (exact) mass is 419 g/mol. The van der Waals surface area contributed by atoms with Gasteiger partial charge in [-0.15, -0.1) is 0 Å². The van der Waals surface area contributed by atoms with Crippen molar-refractivity contribution >= 4 is 23.5 Å². The molecule has 1 aliphatic heterocycles. The topological polar surface area (TPSA) is 83.1 Å². The maximum Gasteiger partial charge on any atom is 0.310 e. The van der Waals surface area contributed by atoms with E-state index in [9.17, 15) is 9.59 Å². The van der Waals surface area contributed by atoms with E-state index >= 15 is 0 Å². The molecule has 0 unspecified atom stereocenters. The molecule has 1 aliphatic rings. The van der Waals surface area contributed by atoms with Crippen LogP contribution in [0.3, 0.4) is 0 Å². The van der Waals surface area contributed by atoms with E-state index in [1.807, 2.05) is 25.1 Å². The summed E-state index contributed by atoms with van der Waals surface area (Å²) in [5, 5.41) is 3.28. The number of benzene rings is 2. The molecule has 0 aromatic heterocycles. The molecular formula is C21H22ClNO6. The van der Waals surface area contributed by atoms with Crippen molar-refractivity contribution in [2.24, 2.45) is 0 Å². The number of nitrogens with one attached hydrogen (secondary N) is 1. The van der Waals surface area contributed by atoms with E-state index < -0.39 is 11.9 Å². The minimum absolute atomic E-state index is 0.0469. The summed E-state index contributed by atoms with van der Waals surface area (Å²) >= 11 is 5.96. The highest BCUT2D eigenvalue weighted by Gasteiger charge is 2.17. The molecule has 1 heterocycles. The van der Waals surface area contributed by atoms with Crippen LogP contribution in [0.25, 0.3) is 0 Å². The number of halogens is 1. The molecule has 2 aromatic carbocycles. The van der Waals surface area contributed by atoms with E-state index in [2.05, 4.69) is 5.32 Å². The third-order valence-electron chi connectivity index (χ3n) is 4.39. The van der Waals surface area contributed by atoms with Gasteiger partial charge in [0.1, 0.15) is 19.0 Å². The Morgan fingerprint density at radius 3 is 2.66 bits per heavy atom. The van der Waals surface area contributed by atoms with Crippen molar-refractivity contribution in [3.05, 3.63) is 52.5 Å². The largest absolute Gasteiger partial charge is 0.496 e. The van der Waals surface area contributed by atoms with Crippen LogP contribution in [0.4, 0.5) is 0 Å². The second-order valence-corrected chi connectivity index (χ2v) is 6.92. The van der Waals surface area contributed by atoms with Gasteiger partial charge in [0.05, 0.1) is 19.6 Å². The van der Waals surface area contributed by atoms with Crippen LogP contribution in [0.2, 0.25) is 5.02 Å². The molecule has 0 aliphatic carbocycles. The molecule has 1 N–H and O–H groups in total. The van der Waals surface area contributed by atoms with Gasteiger partial charge in [0, 0.05) is 10.6 Å². The first-order chi connectivity index (χ1) is 14.0. The van der Waals surface area contributed by atoms with Crippen LogP contribution < -0.4 is 19.5 Å². The van der Waals surface area contributed by atoms with Gasteiger partial charge in [-0.05, 0) is 42.8 Å². The number of carbonyl (C=O) groups excluding carboxylic acids is 2. The molecule has 0 saturated carbocycles. The summed E-state index contributed by atoms with van der Waals surface area (Å²) in [5.41, 5.74) is 1.45. The molecule has 0 fully saturated rings. The lowest BCUT2D eigenvalue weighted by Gasteiger charge is -2.21. The predicted octanol–water partition coefficient (Wildman–Crippen LogP) is 3.08. The minimum atomic E-state index is -0.548. The fourth-order valence-electron chi connectivity index (χ4n) is 2.93. The van der Waals surface area contributed by atoms with E-state index in [4.69, 9.17) is 30.5 Å². The molecule has 7 nitrogen and oxygen atoms in total. The fourth-order valence-corrected chi connectivity index (χ4v) is 3.13. The first kappa shape index (κ1) is 20.8. The van der Waals surface area contributed by atoms with Crippen LogP contribution in [-0.2, 0) is 20.7 Å². The lowest BCUT2D eigenvalue weighted by atomic mass is 10.1. The summed E-state index contributed by atoms with van der Waals surface area (Å²) < 4.78 is 21.3. The molecule has 0 saturated heterocycles. The van der Waals surface area contributed by atoms with Crippen LogP contribution in [0.5, 0.6) is 17.2 Å². The highest BCUT2D eigenvalue weighted by molar-refractivity contribution is 6.30. The Morgan fingerprint density at radius 2 is 1.90 bits per heavy atom. The number of methoxy groups -OCH3 is 1. The van der Waals surface area contributed by atoms with Gasteiger partial charge >= 0.3 is 5.97 Å². The van der Waals surface area contributed by atoms with Gasteiger partial charge in [0.15, 0.2) is 18.1 Å². The molecule has 0 spiro atoms. The number of hydrogen-bond acceptors (Lipinski definition) is 6. The van der Waals surface area contributed by atoms with Crippen LogP contribution >= 0.6 is 11.6 Å². The maximum atomic E-state index is 12.2. The summed E-state index contributed by atoms with van der Waals surface area (Å²) in [4.78, 5) is 24.2. The summed E-state index contributed by atoms with van der Waals surface area (Å²) in [5.74, 6) is 0.912. The van der Waals surface area contributed by atoms with E-state index in [0.717, 1.165) is 5.56 Å². The van der Waals surface area contributed by atoms with Crippen molar-refractivity contribution in [2.75, 3.05) is 26.9 Å². The van der Waals surface area contributed by atoms with Gasteiger partial charge in [-0.25, -0.2) is 0 Å². The van der Waals surface area contributed by atoms with Crippen molar-refractivity contribution in [3.8, 4) is 17.2 Å². The summed E-state index contributed by atoms with van der Waals surface area (Å²) in [6.07, 6.45) is -0.0469. The van der Waals surface area contributed by atoms with Gasteiger partial charge in [-0.1, -0.05) is 17.7 Å². The summed E-state index contributed by atoms with van der Waals surface area (Å²) in [7, 11) is 1.50. The van der Waals surface area contributed by atoms with E-state index in [1.54, 1.807) is 18.2 Å². The second kappa shape index (κ2) is 9.52. The molecule has 154 valence electrons. The van der Waals surface area contributed by atoms with Crippen molar-refractivity contribution in [1.82, 2.24) is 5.32 Å². The smallest absolute Gasteiger partial charge is 0.310 e. The Balaban J connectivity index is 1.50.